The Morgan fingerprint density at radius 1 is 1.28 bits per heavy atom. The van der Waals surface area contributed by atoms with Crippen molar-refractivity contribution in [2.75, 3.05) is 13.2 Å². The van der Waals surface area contributed by atoms with Gasteiger partial charge in [-0.3, -0.25) is 0 Å². The lowest BCUT2D eigenvalue weighted by Crippen LogP contribution is -2.13. The standard InChI is InChI=1S/C13H17ClO4/c1-11(14)18-13(15)17-9-5-8-16-10-12-6-3-2-4-7-12/h2-4,6-7,11H,5,8-10H2,1H3. The Hall–Kier alpha value is -1.26. The molecule has 1 aromatic carbocycles. The third-order valence-corrected chi connectivity index (χ3v) is 2.11. The summed E-state index contributed by atoms with van der Waals surface area (Å²) in [6, 6.07) is 9.88. The van der Waals surface area contributed by atoms with Crippen LogP contribution in [0.1, 0.15) is 18.9 Å². The highest BCUT2D eigenvalue weighted by molar-refractivity contribution is 6.19. The van der Waals surface area contributed by atoms with Crippen molar-refractivity contribution >= 4 is 17.8 Å². The van der Waals surface area contributed by atoms with Gasteiger partial charge in [0.25, 0.3) is 0 Å². The average Bonchev–Trinajstić information content (AvgIpc) is 2.34. The van der Waals surface area contributed by atoms with E-state index in [-0.39, 0.29) is 6.61 Å². The van der Waals surface area contributed by atoms with Gasteiger partial charge in [-0.05, 0) is 12.5 Å². The molecule has 100 valence electrons. The van der Waals surface area contributed by atoms with Crippen LogP contribution in [-0.4, -0.2) is 24.9 Å². The number of alkyl halides is 1. The molecular formula is C13H17ClO4. The first-order valence-electron chi connectivity index (χ1n) is 5.77. The summed E-state index contributed by atoms with van der Waals surface area (Å²) in [6.07, 6.45) is -0.126. The Kier molecular flexibility index (Phi) is 7.22. The first-order chi connectivity index (χ1) is 8.68. The van der Waals surface area contributed by atoms with Crippen LogP contribution in [0, 0.1) is 0 Å². The second kappa shape index (κ2) is 8.78. The van der Waals surface area contributed by atoms with Crippen molar-refractivity contribution in [2.45, 2.75) is 25.5 Å². The fourth-order valence-electron chi connectivity index (χ4n) is 1.25. The highest BCUT2D eigenvalue weighted by atomic mass is 35.5. The molecular weight excluding hydrogens is 256 g/mol. The van der Waals surface area contributed by atoms with Crippen molar-refractivity contribution in [3.05, 3.63) is 35.9 Å². The van der Waals surface area contributed by atoms with E-state index in [1.165, 1.54) is 0 Å². The fourth-order valence-corrected chi connectivity index (χ4v) is 1.32. The fraction of sp³-hybridized carbons (Fsp3) is 0.462. The number of carbonyl (C=O) groups excluding carboxylic acids is 1. The summed E-state index contributed by atoms with van der Waals surface area (Å²) < 4.78 is 14.8. The Balaban J connectivity index is 1.98. The molecule has 1 unspecified atom stereocenters. The van der Waals surface area contributed by atoms with Crippen LogP contribution >= 0.6 is 11.6 Å². The van der Waals surface area contributed by atoms with Crippen LogP contribution in [-0.2, 0) is 20.8 Å². The molecule has 0 saturated carbocycles. The van der Waals surface area contributed by atoms with Gasteiger partial charge in [0.1, 0.15) is 0 Å². The summed E-state index contributed by atoms with van der Waals surface area (Å²) in [4.78, 5) is 10.9. The molecule has 0 aliphatic heterocycles. The summed E-state index contributed by atoms with van der Waals surface area (Å²) >= 11 is 5.46. The van der Waals surface area contributed by atoms with Gasteiger partial charge in [0, 0.05) is 6.42 Å². The molecule has 0 saturated heterocycles. The van der Waals surface area contributed by atoms with Gasteiger partial charge in [0.05, 0.1) is 19.8 Å². The average molecular weight is 273 g/mol. The molecule has 1 atom stereocenters. The van der Waals surface area contributed by atoms with Crippen LogP contribution in [0.5, 0.6) is 0 Å². The zero-order chi connectivity index (χ0) is 13.2. The first kappa shape index (κ1) is 14.8. The molecule has 0 heterocycles. The predicted octanol–water partition coefficient (Wildman–Crippen LogP) is 3.33. The molecule has 0 fully saturated rings. The number of hydrogen-bond acceptors (Lipinski definition) is 4. The summed E-state index contributed by atoms with van der Waals surface area (Å²) in [7, 11) is 0. The smallest absolute Gasteiger partial charge is 0.434 e. The van der Waals surface area contributed by atoms with E-state index in [1.54, 1.807) is 6.92 Å². The van der Waals surface area contributed by atoms with Crippen LogP contribution in [0.25, 0.3) is 0 Å². The summed E-state index contributed by atoms with van der Waals surface area (Å²) in [5.74, 6) is 0. The van der Waals surface area contributed by atoms with Gasteiger partial charge in [-0.2, -0.15) is 0 Å². The molecule has 1 rings (SSSR count). The SMILES string of the molecule is CC(Cl)OC(=O)OCCCOCc1ccccc1. The molecule has 0 N–H and O–H groups in total. The second-order valence-corrected chi connectivity index (χ2v) is 4.27. The predicted molar refractivity (Wildman–Crippen MR) is 68.5 cm³/mol. The van der Waals surface area contributed by atoms with Gasteiger partial charge in [-0.1, -0.05) is 41.9 Å². The van der Waals surface area contributed by atoms with Crippen molar-refractivity contribution < 1.29 is 19.0 Å². The van der Waals surface area contributed by atoms with E-state index in [4.69, 9.17) is 21.1 Å². The van der Waals surface area contributed by atoms with Crippen molar-refractivity contribution in [2.24, 2.45) is 0 Å². The van der Waals surface area contributed by atoms with Crippen LogP contribution in [0.15, 0.2) is 30.3 Å². The van der Waals surface area contributed by atoms with E-state index in [0.29, 0.717) is 19.6 Å². The Labute approximate surface area is 112 Å². The van der Waals surface area contributed by atoms with E-state index in [9.17, 15) is 4.79 Å². The van der Waals surface area contributed by atoms with E-state index in [1.807, 2.05) is 30.3 Å². The van der Waals surface area contributed by atoms with Crippen LogP contribution in [0.4, 0.5) is 4.79 Å². The van der Waals surface area contributed by atoms with Gasteiger partial charge < -0.3 is 14.2 Å². The maximum atomic E-state index is 10.9. The molecule has 5 heteroatoms. The highest BCUT2D eigenvalue weighted by Gasteiger charge is 2.06. The molecule has 18 heavy (non-hydrogen) atoms. The molecule has 1 aromatic rings. The number of ether oxygens (including phenoxy) is 3. The quantitative estimate of drug-likeness (QED) is 0.434. The normalized spacial score (nSPS) is 11.9. The zero-order valence-corrected chi connectivity index (χ0v) is 11.1. The van der Waals surface area contributed by atoms with Crippen molar-refractivity contribution in [3.63, 3.8) is 0 Å². The Morgan fingerprint density at radius 3 is 2.67 bits per heavy atom. The van der Waals surface area contributed by atoms with Gasteiger partial charge in [0.2, 0.25) is 0 Å². The molecule has 0 aliphatic carbocycles. The molecule has 0 aromatic heterocycles. The minimum atomic E-state index is -0.749. The number of benzene rings is 1. The first-order valence-corrected chi connectivity index (χ1v) is 6.21. The van der Waals surface area contributed by atoms with E-state index in [2.05, 4.69) is 4.74 Å². The third kappa shape index (κ3) is 7.14. The summed E-state index contributed by atoms with van der Waals surface area (Å²) in [6.45, 7) is 2.89. The monoisotopic (exact) mass is 272 g/mol. The Bertz CT molecular complexity index is 340. The molecule has 0 radical (unpaired) electrons. The minimum Gasteiger partial charge on any atom is -0.434 e. The number of carbonyl (C=O) groups is 1. The number of halogens is 1. The lowest BCUT2D eigenvalue weighted by atomic mass is 10.2. The Morgan fingerprint density at radius 2 is 2.00 bits per heavy atom. The maximum Gasteiger partial charge on any atom is 0.509 e. The van der Waals surface area contributed by atoms with E-state index in [0.717, 1.165) is 5.56 Å². The van der Waals surface area contributed by atoms with E-state index >= 15 is 0 Å². The van der Waals surface area contributed by atoms with Crippen LogP contribution in [0.3, 0.4) is 0 Å². The van der Waals surface area contributed by atoms with Gasteiger partial charge >= 0.3 is 6.16 Å². The largest absolute Gasteiger partial charge is 0.509 e. The maximum absolute atomic E-state index is 10.9. The number of hydrogen-bond donors (Lipinski definition) is 0. The van der Waals surface area contributed by atoms with Gasteiger partial charge in [-0.15, -0.1) is 0 Å². The second-order valence-electron chi connectivity index (χ2n) is 3.65. The third-order valence-electron chi connectivity index (χ3n) is 2.02. The van der Waals surface area contributed by atoms with Gasteiger partial charge in [-0.25, -0.2) is 4.79 Å². The zero-order valence-electron chi connectivity index (χ0n) is 10.3. The minimum absolute atomic E-state index is 0.261. The molecule has 0 spiro atoms. The summed E-state index contributed by atoms with van der Waals surface area (Å²) in [5.41, 5.74) is 0.445. The molecule has 0 bridgehead atoms. The van der Waals surface area contributed by atoms with Crippen LogP contribution in [0.2, 0.25) is 0 Å². The lowest BCUT2D eigenvalue weighted by molar-refractivity contribution is 0.0390. The van der Waals surface area contributed by atoms with Crippen molar-refractivity contribution in [3.8, 4) is 0 Å². The highest BCUT2D eigenvalue weighted by Crippen LogP contribution is 2.02. The topological polar surface area (TPSA) is 44.8 Å². The summed E-state index contributed by atoms with van der Waals surface area (Å²) in [5, 5.41) is 0. The van der Waals surface area contributed by atoms with E-state index < -0.39 is 11.7 Å². The van der Waals surface area contributed by atoms with Gasteiger partial charge in [0.15, 0.2) is 5.56 Å². The van der Waals surface area contributed by atoms with Crippen molar-refractivity contribution in [1.29, 1.82) is 0 Å². The van der Waals surface area contributed by atoms with Crippen LogP contribution < -0.4 is 0 Å². The van der Waals surface area contributed by atoms with Crippen molar-refractivity contribution in [1.82, 2.24) is 0 Å². The lowest BCUT2D eigenvalue weighted by Gasteiger charge is -2.07. The number of rotatable bonds is 7. The molecule has 0 amide bonds. The molecule has 0 aliphatic rings. The molecule has 4 nitrogen and oxygen atoms in total.